The van der Waals surface area contributed by atoms with Crippen LogP contribution in [0, 0.1) is 0 Å². The van der Waals surface area contributed by atoms with Crippen molar-refractivity contribution < 1.29 is 19.7 Å². The van der Waals surface area contributed by atoms with Gasteiger partial charge in [0.1, 0.15) is 0 Å². The summed E-state index contributed by atoms with van der Waals surface area (Å²) in [5, 5.41) is 24.6. The summed E-state index contributed by atoms with van der Waals surface area (Å²) in [6, 6.07) is 1.26. The van der Waals surface area contributed by atoms with E-state index in [2.05, 4.69) is 4.42 Å². The van der Waals surface area contributed by atoms with Gasteiger partial charge in [0.25, 0.3) is 0 Å². The molecule has 0 amide bonds. The molecular formula is C7H12O4. The van der Waals surface area contributed by atoms with Crippen molar-refractivity contribution >= 4 is 0 Å². The van der Waals surface area contributed by atoms with Crippen molar-refractivity contribution in [3.63, 3.8) is 0 Å². The lowest BCUT2D eigenvalue weighted by atomic mass is 10.5. The molecule has 0 bridgehead atoms. The fourth-order valence-corrected chi connectivity index (χ4v) is 0.295. The normalized spacial score (nSPS) is 8.55. The van der Waals surface area contributed by atoms with Crippen molar-refractivity contribution in [3.05, 3.63) is 12.3 Å². The van der Waals surface area contributed by atoms with Gasteiger partial charge in [-0.15, -0.1) is 0 Å². The number of rotatable bonds is 1. The van der Waals surface area contributed by atoms with Crippen LogP contribution in [0.5, 0.6) is 11.7 Å². The molecule has 0 unspecified atom stereocenters. The number of aliphatic hydroxyl groups excluding tert-OH is 1. The van der Waals surface area contributed by atoms with Gasteiger partial charge in [0.2, 0.25) is 5.75 Å². The maximum atomic E-state index is 8.42. The monoisotopic (exact) mass is 160 g/mol. The van der Waals surface area contributed by atoms with Crippen molar-refractivity contribution in [2.75, 3.05) is 6.61 Å². The third kappa shape index (κ3) is 4.27. The van der Waals surface area contributed by atoms with Crippen LogP contribution in [0.2, 0.25) is 0 Å². The minimum atomic E-state index is -0.431. The largest absolute Gasteiger partial charge is 0.502 e. The first-order valence-electron chi connectivity index (χ1n) is 3.28. The van der Waals surface area contributed by atoms with Crippen molar-refractivity contribution in [1.82, 2.24) is 0 Å². The average Bonchev–Trinajstić information content (AvgIpc) is 2.37. The molecule has 1 aromatic heterocycles. The summed E-state index contributed by atoms with van der Waals surface area (Å²) in [6.07, 6.45) is 2.07. The predicted octanol–water partition coefficient (Wildman–Crippen LogP) is 1.08. The lowest BCUT2D eigenvalue weighted by molar-refractivity contribution is 0.295. The molecule has 0 spiro atoms. The van der Waals surface area contributed by atoms with Crippen LogP contribution in [0.15, 0.2) is 16.7 Å². The van der Waals surface area contributed by atoms with Crippen LogP contribution in [-0.2, 0) is 0 Å². The minimum Gasteiger partial charge on any atom is -0.502 e. The summed E-state index contributed by atoms with van der Waals surface area (Å²) in [4.78, 5) is 0. The van der Waals surface area contributed by atoms with Crippen LogP contribution >= 0.6 is 0 Å². The Morgan fingerprint density at radius 2 is 2.00 bits per heavy atom. The summed E-state index contributed by atoms with van der Waals surface area (Å²) < 4.78 is 4.27. The highest BCUT2D eigenvalue weighted by molar-refractivity contribution is 5.26. The van der Waals surface area contributed by atoms with Crippen LogP contribution in [0.25, 0.3) is 0 Å². The highest BCUT2D eigenvalue weighted by Crippen LogP contribution is 2.23. The zero-order valence-electron chi connectivity index (χ0n) is 6.32. The Balaban J connectivity index is 0.000000218. The SMILES string of the molecule is CCCO.Oc1ccoc1O. The van der Waals surface area contributed by atoms with E-state index in [1.807, 2.05) is 6.92 Å². The zero-order chi connectivity index (χ0) is 8.69. The molecule has 1 heterocycles. The highest BCUT2D eigenvalue weighted by Gasteiger charge is 1.96. The molecule has 0 aromatic carbocycles. The van der Waals surface area contributed by atoms with Gasteiger partial charge >= 0.3 is 5.95 Å². The first-order chi connectivity index (χ1) is 5.22. The molecule has 0 atom stereocenters. The molecule has 64 valence electrons. The van der Waals surface area contributed by atoms with E-state index in [9.17, 15) is 0 Å². The molecule has 0 fully saturated rings. The van der Waals surface area contributed by atoms with Crippen LogP contribution in [0.4, 0.5) is 0 Å². The third-order valence-corrected chi connectivity index (χ3v) is 0.848. The lowest BCUT2D eigenvalue weighted by Gasteiger charge is -1.77. The molecule has 0 aliphatic rings. The van der Waals surface area contributed by atoms with Gasteiger partial charge in [-0.3, -0.25) is 0 Å². The number of hydrogen-bond acceptors (Lipinski definition) is 4. The Morgan fingerprint density at radius 3 is 2.09 bits per heavy atom. The molecule has 0 saturated heterocycles. The van der Waals surface area contributed by atoms with E-state index in [1.54, 1.807) is 0 Å². The van der Waals surface area contributed by atoms with Crippen LogP contribution < -0.4 is 0 Å². The summed E-state index contributed by atoms with van der Waals surface area (Å²) in [5.41, 5.74) is 0. The third-order valence-electron chi connectivity index (χ3n) is 0.848. The van der Waals surface area contributed by atoms with E-state index in [-0.39, 0.29) is 5.75 Å². The lowest BCUT2D eigenvalue weighted by Crippen LogP contribution is -1.69. The first-order valence-corrected chi connectivity index (χ1v) is 3.28. The van der Waals surface area contributed by atoms with E-state index in [1.165, 1.54) is 12.3 Å². The molecule has 1 aromatic rings. The minimum absolute atomic E-state index is 0.222. The van der Waals surface area contributed by atoms with Crippen LogP contribution in [-0.4, -0.2) is 21.9 Å². The predicted molar refractivity (Wildman–Crippen MR) is 39.4 cm³/mol. The Labute approximate surface area is 64.7 Å². The molecule has 11 heavy (non-hydrogen) atoms. The molecule has 0 radical (unpaired) electrons. The van der Waals surface area contributed by atoms with Crippen LogP contribution in [0.1, 0.15) is 13.3 Å². The highest BCUT2D eigenvalue weighted by atomic mass is 16.5. The van der Waals surface area contributed by atoms with Crippen molar-refractivity contribution in [1.29, 1.82) is 0 Å². The van der Waals surface area contributed by atoms with Gasteiger partial charge in [0.05, 0.1) is 6.26 Å². The zero-order valence-corrected chi connectivity index (χ0v) is 6.32. The second-order valence-corrected chi connectivity index (χ2v) is 1.83. The second kappa shape index (κ2) is 5.61. The molecule has 3 N–H and O–H groups in total. The van der Waals surface area contributed by atoms with Gasteiger partial charge in [-0.2, -0.15) is 0 Å². The van der Waals surface area contributed by atoms with Crippen molar-refractivity contribution in [2.24, 2.45) is 0 Å². The maximum Gasteiger partial charge on any atom is 0.325 e. The fraction of sp³-hybridized carbons (Fsp3) is 0.429. The molecule has 0 aliphatic heterocycles. The molecular weight excluding hydrogens is 148 g/mol. The average molecular weight is 160 g/mol. The Bertz CT molecular complexity index is 164. The summed E-state index contributed by atoms with van der Waals surface area (Å²) in [7, 11) is 0. The van der Waals surface area contributed by atoms with Gasteiger partial charge in [0.15, 0.2) is 0 Å². The Hall–Kier alpha value is -1.16. The van der Waals surface area contributed by atoms with Gasteiger partial charge < -0.3 is 19.7 Å². The van der Waals surface area contributed by atoms with Gasteiger partial charge in [-0.25, -0.2) is 0 Å². The van der Waals surface area contributed by atoms with Gasteiger partial charge in [-0.1, -0.05) is 6.92 Å². The standard InChI is InChI=1S/C4H4O3.C3H8O/c5-3-1-2-7-4(3)6;1-2-3-4/h1-2,5-6H;4H,2-3H2,1H3. The quantitative estimate of drug-likeness (QED) is 0.574. The van der Waals surface area contributed by atoms with Gasteiger partial charge in [0, 0.05) is 12.7 Å². The van der Waals surface area contributed by atoms with Crippen LogP contribution in [0.3, 0.4) is 0 Å². The molecule has 4 heteroatoms. The topological polar surface area (TPSA) is 73.8 Å². The number of furan rings is 1. The summed E-state index contributed by atoms with van der Waals surface area (Å²) >= 11 is 0. The van der Waals surface area contributed by atoms with E-state index >= 15 is 0 Å². The summed E-state index contributed by atoms with van der Waals surface area (Å²) in [6.45, 7) is 2.25. The maximum absolute atomic E-state index is 8.42. The number of aromatic hydroxyl groups is 2. The smallest absolute Gasteiger partial charge is 0.325 e. The number of hydrogen-bond donors (Lipinski definition) is 3. The van der Waals surface area contributed by atoms with E-state index < -0.39 is 5.95 Å². The van der Waals surface area contributed by atoms with E-state index in [0.29, 0.717) is 6.61 Å². The molecule has 1 rings (SSSR count). The Kier molecular flexibility index (Phi) is 5.02. The molecule has 0 aliphatic carbocycles. The molecule has 0 saturated carbocycles. The second-order valence-electron chi connectivity index (χ2n) is 1.83. The van der Waals surface area contributed by atoms with Gasteiger partial charge in [-0.05, 0) is 6.42 Å². The van der Waals surface area contributed by atoms with E-state index in [0.717, 1.165) is 6.42 Å². The van der Waals surface area contributed by atoms with E-state index in [4.69, 9.17) is 15.3 Å². The van der Waals surface area contributed by atoms with Crippen molar-refractivity contribution in [2.45, 2.75) is 13.3 Å². The fourth-order valence-electron chi connectivity index (χ4n) is 0.295. The van der Waals surface area contributed by atoms with Crippen molar-refractivity contribution in [3.8, 4) is 11.7 Å². The number of aliphatic hydroxyl groups is 1. The Morgan fingerprint density at radius 1 is 1.45 bits per heavy atom. The molecule has 4 nitrogen and oxygen atoms in total. The summed E-state index contributed by atoms with van der Waals surface area (Å²) in [5.74, 6) is -0.653. The first kappa shape index (κ1) is 9.84.